The van der Waals surface area contributed by atoms with E-state index in [2.05, 4.69) is 14.4 Å². The predicted octanol–water partition coefficient (Wildman–Crippen LogP) is 4.78. The van der Waals surface area contributed by atoms with E-state index in [0.717, 1.165) is 18.2 Å². The lowest BCUT2D eigenvalue weighted by molar-refractivity contribution is -0.0508. The summed E-state index contributed by atoms with van der Waals surface area (Å²) in [6, 6.07) is 7.63. The molecular formula is C21H18F4N2O5S. The number of aryl methyl sites for hydroxylation is 1. The smallest absolute Gasteiger partial charge is 0.387 e. The Hall–Kier alpha value is -3.54. The second-order valence-electron chi connectivity index (χ2n) is 6.77. The van der Waals surface area contributed by atoms with Crippen molar-refractivity contribution in [3.05, 3.63) is 70.1 Å². The molecule has 0 aliphatic rings. The minimum absolute atomic E-state index is 0.0295. The van der Waals surface area contributed by atoms with Crippen molar-refractivity contribution in [3.63, 3.8) is 0 Å². The first-order valence-electron chi connectivity index (χ1n) is 9.45. The van der Waals surface area contributed by atoms with E-state index in [9.17, 15) is 30.8 Å². The molecule has 1 heterocycles. The lowest BCUT2D eigenvalue weighted by atomic mass is 10.0. The maximum absolute atomic E-state index is 14.2. The standard InChI is InChI=1S/C21H18F4N2O5S/c1-3-33(29,30)27-13-5-7-17(31-18-6-4-12(22)8-16(18)23)15(9-13)14-10-19(32-21(24)25)20(28)26-11(14)2/h4-10,21,27H,3H2,1-2H3,(H,26,28). The van der Waals surface area contributed by atoms with Crippen molar-refractivity contribution in [2.24, 2.45) is 0 Å². The number of rotatable bonds is 8. The number of halogens is 4. The van der Waals surface area contributed by atoms with Gasteiger partial charge in [-0.2, -0.15) is 8.78 Å². The van der Waals surface area contributed by atoms with Gasteiger partial charge >= 0.3 is 6.61 Å². The first kappa shape index (κ1) is 24.1. The number of aromatic nitrogens is 1. The van der Waals surface area contributed by atoms with Crippen LogP contribution in [0.1, 0.15) is 12.6 Å². The zero-order valence-electron chi connectivity index (χ0n) is 17.3. The van der Waals surface area contributed by atoms with Crippen molar-refractivity contribution in [2.45, 2.75) is 20.5 Å². The van der Waals surface area contributed by atoms with Gasteiger partial charge in [-0.25, -0.2) is 17.2 Å². The second-order valence-corrected chi connectivity index (χ2v) is 8.78. The van der Waals surface area contributed by atoms with Gasteiger partial charge in [0.05, 0.1) is 5.75 Å². The summed E-state index contributed by atoms with van der Waals surface area (Å²) in [6.07, 6.45) is 0. The molecule has 0 unspecified atom stereocenters. The highest BCUT2D eigenvalue weighted by Crippen LogP contribution is 2.38. The molecular weight excluding hydrogens is 468 g/mol. The van der Waals surface area contributed by atoms with Crippen molar-refractivity contribution in [1.82, 2.24) is 4.98 Å². The second kappa shape index (κ2) is 9.53. The van der Waals surface area contributed by atoms with Gasteiger partial charge in [-0.3, -0.25) is 9.52 Å². The van der Waals surface area contributed by atoms with E-state index in [0.29, 0.717) is 6.07 Å². The average Bonchev–Trinajstić information content (AvgIpc) is 2.72. The van der Waals surface area contributed by atoms with Crippen molar-refractivity contribution in [2.75, 3.05) is 10.5 Å². The lowest BCUT2D eigenvalue weighted by Gasteiger charge is -2.16. The molecule has 2 N–H and O–H groups in total. The number of nitrogens with one attached hydrogen (secondary N) is 2. The Bertz CT molecular complexity index is 1340. The SMILES string of the molecule is CCS(=O)(=O)Nc1ccc(Oc2ccc(F)cc2F)c(-c2cc(OC(F)F)c(=O)[nH]c2C)c1. The highest BCUT2D eigenvalue weighted by molar-refractivity contribution is 7.92. The topological polar surface area (TPSA) is 97.5 Å². The third kappa shape index (κ3) is 5.83. The maximum Gasteiger partial charge on any atom is 0.387 e. The monoisotopic (exact) mass is 486 g/mol. The normalized spacial score (nSPS) is 11.5. The van der Waals surface area contributed by atoms with Crippen molar-refractivity contribution < 1.29 is 35.5 Å². The van der Waals surface area contributed by atoms with Gasteiger partial charge in [0.25, 0.3) is 5.56 Å². The van der Waals surface area contributed by atoms with Crippen LogP contribution in [0.2, 0.25) is 0 Å². The number of alkyl halides is 2. The fraction of sp³-hybridized carbons (Fsp3) is 0.190. The fourth-order valence-electron chi connectivity index (χ4n) is 2.89. The van der Waals surface area contributed by atoms with Crippen LogP contribution < -0.4 is 19.8 Å². The molecule has 3 rings (SSSR count). The molecule has 0 aliphatic heterocycles. The fourth-order valence-corrected chi connectivity index (χ4v) is 3.52. The highest BCUT2D eigenvalue weighted by Gasteiger charge is 2.19. The largest absolute Gasteiger partial charge is 0.454 e. The summed E-state index contributed by atoms with van der Waals surface area (Å²) in [5, 5.41) is 0. The summed E-state index contributed by atoms with van der Waals surface area (Å²) in [7, 11) is -3.67. The molecule has 0 saturated carbocycles. The number of ether oxygens (including phenoxy) is 2. The number of benzene rings is 2. The molecule has 0 atom stereocenters. The molecule has 33 heavy (non-hydrogen) atoms. The van der Waals surface area contributed by atoms with Gasteiger partial charge in [0.15, 0.2) is 17.3 Å². The van der Waals surface area contributed by atoms with Crippen LogP contribution in [0.3, 0.4) is 0 Å². The molecule has 0 amide bonds. The molecule has 1 aromatic heterocycles. The van der Waals surface area contributed by atoms with E-state index in [1.807, 2.05) is 0 Å². The van der Waals surface area contributed by atoms with Gasteiger partial charge in [-0.15, -0.1) is 0 Å². The number of pyridine rings is 1. The van der Waals surface area contributed by atoms with E-state index in [1.165, 1.54) is 32.0 Å². The summed E-state index contributed by atoms with van der Waals surface area (Å²) in [5.41, 5.74) is -0.350. The van der Waals surface area contributed by atoms with Crippen molar-refractivity contribution in [3.8, 4) is 28.4 Å². The molecule has 2 aromatic carbocycles. The third-order valence-electron chi connectivity index (χ3n) is 4.46. The van der Waals surface area contributed by atoms with Crippen LogP contribution in [0.25, 0.3) is 11.1 Å². The van der Waals surface area contributed by atoms with Crippen LogP contribution in [0.15, 0.2) is 47.3 Å². The molecule has 3 aromatic rings. The summed E-state index contributed by atoms with van der Waals surface area (Å²) < 4.78 is 88.9. The number of hydrogen-bond donors (Lipinski definition) is 2. The van der Waals surface area contributed by atoms with E-state index < -0.39 is 39.6 Å². The molecule has 0 spiro atoms. The summed E-state index contributed by atoms with van der Waals surface area (Å²) in [6.45, 7) is -0.375. The molecule has 176 valence electrons. The number of anilines is 1. The van der Waals surface area contributed by atoms with Gasteiger partial charge < -0.3 is 14.5 Å². The van der Waals surface area contributed by atoms with Crippen LogP contribution >= 0.6 is 0 Å². The Labute approximate surface area is 186 Å². The number of sulfonamides is 1. The van der Waals surface area contributed by atoms with E-state index in [1.54, 1.807) is 0 Å². The number of aromatic amines is 1. The molecule has 12 heteroatoms. The minimum atomic E-state index is -3.67. The predicted molar refractivity (Wildman–Crippen MR) is 113 cm³/mol. The Morgan fingerprint density at radius 2 is 1.70 bits per heavy atom. The van der Waals surface area contributed by atoms with Gasteiger partial charge in [0, 0.05) is 28.6 Å². The van der Waals surface area contributed by atoms with Crippen LogP contribution in [0, 0.1) is 18.6 Å². The summed E-state index contributed by atoms with van der Waals surface area (Å²) >= 11 is 0. The minimum Gasteiger partial charge on any atom is -0.454 e. The number of hydrogen-bond acceptors (Lipinski definition) is 5. The molecule has 0 fully saturated rings. The molecule has 0 aliphatic carbocycles. The van der Waals surface area contributed by atoms with Crippen LogP contribution in [-0.4, -0.2) is 25.8 Å². The third-order valence-corrected chi connectivity index (χ3v) is 5.76. The van der Waals surface area contributed by atoms with Gasteiger partial charge in [0.1, 0.15) is 11.6 Å². The average molecular weight is 486 g/mol. The Balaban J connectivity index is 2.18. The zero-order valence-corrected chi connectivity index (χ0v) is 18.1. The number of H-pyrrole nitrogens is 1. The van der Waals surface area contributed by atoms with E-state index in [4.69, 9.17) is 4.74 Å². The quantitative estimate of drug-likeness (QED) is 0.447. The van der Waals surface area contributed by atoms with Crippen LogP contribution in [0.5, 0.6) is 17.2 Å². The van der Waals surface area contributed by atoms with Gasteiger partial charge in [-0.05, 0) is 50.2 Å². The van der Waals surface area contributed by atoms with Crippen molar-refractivity contribution in [1.29, 1.82) is 0 Å². The van der Waals surface area contributed by atoms with Crippen molar-refractivity contribution >= 4 is 15.7 Å². The lowest BCUT2D eigenvalue weighted by Crippen LogP contribution is -2.16. The summed E-state index contributed by atoms with van der Waals surface area (Å²) in [4.78, 5) is 14.4. The molecule has 0 radical (unpaired) electrons. The van der Waals surface area contributed by atoms with Crippen LogP contribution in [0.4, 0.5) is 23.2 Å². The molecule has 7 nitrogen and oxygen atoms in total. The first-order chi connectivity index (χ1) is 15.5. The Morgan fingerprint density at radius 1 is 1.00 bits per heavy atom. The van der Waals surface area contributed by atoms with E-state index in [-0.39, 0.29) is 39.8 Å². The maximum atomic E-state index is 14.2. The van der Waals surface area contributed by atoms with Gasteiger partial charge in [-0.1, -0.05) is 0 Å². The zero-order chi connectivity index (χ0) is 24.3. The Kier molecular flexibility index (Phi) is 6.96. The first-order valence-corrected chi connectivity index (χ1v) is 11.1. The highest BCUT2D eigenvalue weighted by atomic mass is 32.2. The molecule has 0 saturated heterocycles. The van der Waals surface area contributed by atoms with E-state index >= 15 is 0 Å². The summed E-state index contributed by atoms with van der Waals surface area (Å²) in [5.74, 6) is -3.11. The molecule has 0 bridgehead atoms. The van der Waals surface area contributed by atoms with Crippen LogP contribution in [-0.2, 0) is 10.0 Å². The van der Waals surface area contributed by atoms with Gasteiger partial charge in [0.2, 0.25) is 10.0 Å². The Morgan fingerprint density at radius 3 is 2.33 bits per heavy atom.